The fourth-order valence-corrected chi connectivity index (χ4v) is 11.5. The van der Waals surface area contributed by atoms with Gasteiger partial charge in [-0.15, -0.1) is 0 Å². The van der Waals surface area contributed by atoms with E-state index in [1.54, 1.807) is 0 Å². The minimum absolute atomic E-state index is 0.0202. The number of fused-ring (bicyclic) bond motifs is 7. The maximum atomic E-state index is 12.8. The highest BCUT2D eigenvalue weighted by atomic mass is 16.4. The maximum Gasteiger partial charge on any atom is 0.309 e. The molecule has 5 aliphatic rings. The molecule has 0 spiro atoms. The summed E-state index contributed by atoms with van der Waals surface area (Å²) in [5.74, 6) is 1.79. The van der Waals surface area contributed by atoms with Crippen molar-refractivity contribution in [3.05, 3.63) is 12.2 Å². The fraction of sp³-hybridized carbons (Fsp3) is 0.900. The van der Waals surface area contributed by atoms with Crippen molar-refractivity contribution in [2.75, 3.05) is 0 Å². The van der Waals surface area contributed by atoms with Crippen LogP contribution in [0.5, 0.6) is 0 Å². The monoisotopic (exact) mass is 456 g/mol. The Kier molecular flexibility index (Phi) is 5.15. The van der Waals surface area contributed by atoms with Gasteiger partial charge in [0.15, 0.2) is 0 Å². The second-order valence-electron chi connectivity index (χ2n) is 14.5. The Hall–Kier alpha value is -0.830. The highest BCUT2D eigenvalue weighted by molar-refractivity contribution is 5.76. The Morgan fingerprint density at radius 3 is 2.15 bits per heavy atom. The van der Waals surface area contributed by atoms with Crippen molar-refractivity contribution in [2.24, 2.45) is 56.7 Å². The van der Waals surface area contributed by atoms with Crippen LogP contribution in [-0.4, -0.2) is 22.3 Å². The van der Waals surface area contributed by atoms with Crippen molar-refractivity contribution in [1.29, 1.82) is 0 Å². The van der Waals surface area contributed by atoms with Gasteiger partial charge in [0.1, 0.15) is 0 Å². The number of hydrogen-bond acceptors (Lipinski definition) is 2. The lowest BCUT2D eigenvalue weighted by Gasteiger charge is -2.72. The smallest absolute Gasteiger partial charge is 0.309 e. The Morgan fingerprint density at radius 1 is 0.818 bits per heavy atom. The first-order valence-electron chi connectivity index (χ1n) is 13.8. The first kappa shape index (κ1) is 23.9. The Bertz CT molecular complexity index is 861. The van der Waals surface area contributed by atoms with Gasteiger partial charge in [-0.2, -0.15) is 0 Å². The Balaban J connectivity index is 1.57. The van der Waals surface area contributed by atoms with E-state index in [1.165, 1.54) is 31.3 Å². The van der Waals surface area contributed by atoms with Gasteiger partial charge in [0, 0.05) is 0 Å². The molecule has 10 atom stereocenters. The van der Waals surface area contributed by atoms with Crippen molar-refractivity contribution in [2.45, 2.75) is 112 Å². The number of carboxylic acid groups (broad SMARTS) is 1. The molecule has 33 heavy (non-hydrogen) atoms. The molecule has 5 rings (SSSR count). The second-order valence-corrected chi connectivity index (χ2v) is 14.5. The zero-order valence-corrected chi connectivity index (χ0v) is 22.0. The van der Waals surface area contributed by atoms with Gasteiger partial charge in [-0.25, -0.2) is 0 Å². The first-order valence-corrected chi connectivity index (χ1v) is 13.8. The van der Waals surface area contributed by atoms with Gasteiger partial charge in [0.05, 0.1) is 11.5 Å². The molecule has 5 aliphatic carbocycles. The van der Waals surface area contributed by atoms with Gasteiger partial charge in [0.25, 0.3) is 0 Å². The maximum absolute atomic E-state index is 12.8. The lowest BCUT2D eigenvalue weighted by atomic mass is 9.32. The molecule has 0 bridgehead atoms. The third-order valence-electron chi connectivity index (χ3n) is 13.5. The summed E-state index contributed by atoms with van der Waals surface area (Å²) in [6, 6.07) is 0. The second kappa shape index (κ2) is 7.11. The van der Waals surface area contributed by atoms with Crippen LogP contribution >= 0.6 is 0 Å². The SMILES string of the molecule is C=C(C)[C@H]1CC[C@]2(C(=O)O)CC[C@]3(C)[C@H](CC[C@H]4[C@@]5(C)CC[C@@H](O)C(C)(C)[C@@H]5CC[C@]43C)[C@H]12. The van der Waals surface area contributed by atoms with Gasteiger partial charge in [0.2, 0.25) is 0 Å². The zero-order valence-electron chi connectivity index (χ0n) is 22.0. The summed E-state index contributed by atoms with van der Waals surface area (Å²) in [5.41, 5.74) is 1.35. The molecule has 0 aromatic rings. The summed E-state index contributed by atoms with van der Waals surface area (Å²) in [4.78, 5) is 12.8. The molecule has 3 heteroatoms. The van der Waals surface area contributed by atoms with E-state index < -0.39 is 11.4 Å². The molecule has 0 amide bonds. The number of carbonyl (C=O) groups is 1. The largest absolute Gasteiger partial charge is 0.481 e. The first-order chi connectivity index (χ1) is 15.3. The Labute approximate surface area is 201 Å². The van der Waals surface area contributed by atoms with Crippen LogP contribution in [-0.2, 0) is 4.79 Å². The number of rotatable bonds is 2. The molecule has 2 N–H and O–H groups in total. The van der Waals surface area contributed by atoms with E-state index in [4.69, 9.17) is 0 Å². The molecule has 0 heterocycles. The lowest BCUT2D eigenvalue weighted by molar-refractivity contribution is -0.248. The van der Waals surface area contributed by atoms with Gasteiger partial charge in [-0.1, -0.05) is 46.8 Å². The van der Waals surface area contributed by atoms with E-state index in [1.807, 2.05) is 0 Å². The summed E-state index contributed by atoms with van der Waals surface area (Å²) < 4.78 is 0. The molecule has 5 saturated carbocycles. The number of aliphatic hydroxyl groups is 1. The van der Waals surface area contributed by atoms with Crippen molar-refractivity contribution >= 4 is 5.97 Å². The number of carboxylic acids is 1. The molecule has 0 aliphatic heterocycles. The number of aliphatic hydroxyl groups excluding tert-OH is 1. The van der Waals surface area contributed by atoms with Crippen LogP contribution in [0.1, 0.15) is 106 Å². The molecule has 186 valence electrons. The van der Waals surface area contributed by atoms with E-state index in [0.717, 1.165) is 38.5 Å². The summed E-state index contributed by atoms with van der Waals surface area (Å²) in [7, 11) is 0. The normalized spacial score (nSPS) is 55.0. The molecule has 5 fully saturated rings. The van der Waals surface area contributed by atoms with Crippen LogP contribution in [0, 0.1) is 56.7 Å². The average Bonchev–Trinajstić information content (AvgIpc) is 3.13. The topological polar surface area (TPSA) is 57.5 Å². The quantitative estimate of drug-likeness (QED) is 0.436. The van der Waals surface area contributed by atoms with Gasteiger partial charge in [-0.3, -0.25) is 4.79 Å². The van der Waals surface area contributed by atoms with Crippen molar-refractivity contribution in [1.82, 2.24) is 0 Å². The van der Waals surface area contributed by atoms with Gasteiger partial charge >= 0.3 is 5.97 Å². The highest BCUT2D eigenvalue weighted by Crippen LogP contribution is 2.77. The molecule has 0 aromatic carbocycles. The fourth-order valence-electron chi connectivity index (χ4n) is 11.5. The minimum Gasteiger partial charge on any atom is -0.481 e. The molecular formula is C30H48O3. The van der Waals surface area contributed by atoms with Crippen molar-refractivity contribution in [3.8, 4) is 0 Å². The third kappa shape index (κ3) is 2.75. The van der Waals surface area contributed by atoms with Crippen LogP contribution < -0.4 is 0 Å². The summed E-state index contributed by atoms with van der Waals surface area (Å²) in [5, 5.41) is 21.4. The van der Waals surface area contributed by atoms with Crippen LogP contribution in [0.2, 0.25) is 0 Å². The molecule has 0 saturated heterocycles. The highest BCUT2D eigenvalue weighted by Gasteiger charge is 2.71. The van der Waals surface area contributed by atoms with Gasteiger partial charge < -0.3 is 10.2 Å². The predicted octanol–water partition coefficient (Wildman–Crippen LogP) is 7.09. The van der Waals surface area contributed by atoms with Crippen LogP contribution in [0.4, 0.5) is 0 Å². The summed E-state index contributed by atoms with van der Waals surface area (Å²) in [6.45, 7) is 18.8. The summed E-state index contributed by atoms with van der Waals surface area (Å²) >= 11 is 0. The summed E-state index contributed by atoms with van der Waals surface area (Å²) in [6.07, 6.45) is 10.5. The zero-order chi connectivity index (χ0) is 24.2. The Morgan fingerprint density at radius 2 is 1.52 bits per heavy atom. The molecule has 3 nitrogen and oxygen atoms in total. The van der Waals surface area contributed by atoms with Crippen LogP contribution in [0.3, 0.4) is 0 Å². The van der Waals surface area contributed by atoms with E-state index in [-0.39, 0.29) is 33.7 Å². The standard InChI is InChI=1S/C30H48O3/c1-18(2)19-10-15-30(25(32)33)17-16-28(6)20(24(19)30)8-9-22-27(5)13-12-23(31)26(3,4)21(27)11-14-29(22,28)7/h19-24,31H,1,8-17H2,2-7H3,(H,32,33)/t19-,20-,21+,22+,23-,24+,27+,28-,29-,30+/m1/s1. The lowest BCUT2D eigenvalue weighted by Crippen LogP contribution is -2.67. The number of aliphatic carboxylic acids is 1. The van der Waals surface area contributed by atoms with Crippen molar-refractivity contribution in [3.63, 3.8) is 0 Å². The van der Waals surface area contributed by atoms with Crippen molar-refractivity contribution < 1.29 is 15.0 Å². The van der Waals surface area contributed by atoms with E-state index in [9.17, 15) is 15.0 Å². The number of allylic oxidation sites excluding steroid dienone is 1. The third-order valence-corrected chi connectivity index (χ3v) is 13.5. The molecule has 0 unspecified atom stereocenters. The van der Waals surface area contributed by atoms with Gasteiger partial charge in [-0.05, 0) is 122 Å². The molecule has 0 aromatic heterocycles. The predicted molar refractivity (Wildman–Crippen MR) is 133 cm³/mol. The average molecular weight is 457 g/mol. The van der Waals surface area contributed by atoms with E-state index in [2.05, 4.69) is 48.1 Å². The van der Waals surface area contributed by atoms with E-state index in [0.29, 0.717) is 23.7 Å². The van der Waals surface area contributed by atoms with Crippen LogP contribution in [0.25, 0.3) is 0 Å². The number of hydrogen-bond donors (Lipinski definition) is 2. The van der Waals surface area contributed by atoms with E-state index >= 15 is 0 Å². The minimum atomic E-state index is -0.538. The molecule has 0 radical (unpaired) electrons. The van der Waals surface area contributed by atoms with Crippen LogP contribution in [0.15, 0.2) is 12.2 Å². The molecular weight excluding hydrogens is 408 g/mol.